The SMILES string of the molecule is C=C(/C=C\CCC)C(CC)C(C)C.COCO. The van der Waals surface area contributed by atoms with Crippen molar-refractivity contribution in [3.05, 3.63) is 24.3 Å². The van der Waals surface area contributed by atoms with Gasteiger partial charge in [-0.05, 0) is 24.7 Å². The van der Waals surface area contributed by atoms with Crippen LogP contribution in [0.3, 0.4) is 0 Å². The van der Waals surface area contributed by atoms with Crippen molar-refractivity contribution in [2.75, 3.05) is 13.9 Å². The predicted molar refractivity (Wildman–Crippen MR) is 75.9 cm³/mol. The van der Waals surface area contributed by atoms with Crippen molar-refractivity contribution in [1.29, 1.82) is 0 Å². The van der Waals surface area contributed by atoms with Crippen LogP contribution in [-0.4, -0.2) is 19.0 Å². The van der Waals surface area contributed by atoms with Crippen molar-refractivity contribution in [3.63, 3.8) is 0 Å². The minimum absolute atomic E-state index is 0.181. The number of unbranched alkanes of at least 4 members (excludes halogenated alkanes) is 1. The molecule has 0 bridgehead atoms. The molecule has 1 unspecified atom stereocenters. The van der Waals surface area contributed by atoms with Crippen LogP contribution in [0, 0.1) is 11.8 Å². The second-order valence-electron chi connectivity index (χ2n) is 4.44. The van der Waals surface area contributed by atoms with Crippen molar-refractivity contribution >= 4 is 0 Å². The molecule has 0 saturated carbocycles. The Kier molecular flexibility index (Phi) is 14.9. The van der Waals surface area contributed by atoms with Gasteiger partial charge in [0.05, 0.1) is 0 Å². The first kappa shape index (κ1) is 18.8. The maximum Gasteiger partial charge on any atom is 0.143 e. The van der Waals surface area contributed by atoms with Gasteiger partial charge in [0.2, 0.25) is 0 Å². The molecule has 0 aromatic carbocycles. The number of rotatable bonds is 7. The van der Waals surface area contributed by atoms with E-state index in [0.29, 0.717) is 11.8 Å². The van der Waals surface area contributed by atoms with Crippen LogP contribution in [0.5, 0.6) is 0 Å². The molecule has 1 atom stereocenters. The summed E-state index contributed by atoms with van der Waals surface area (Å²) in [5, 5.41) is 7.65. The zero-order chi connectivity index (χ0) is 13.7. The molecule has 0 spiro atoms. The second-order valence-corrected chi connectivity index (χ2v) is 4.44. The summed E-state index contributed by atoms with van der Waals surface area (Å²) in [5.74, 6) is 1.37. The molecule has 0 aromatic heterocycles. The summed E-state index contributed by atoms with van der Waals surface area (Å²) in [4.78, 5) is 0. The normalized spacial score (nSPS) is 12.4. The molecular formula is C15H30O2. The van der Waals surface area contributed by atoms with E-state index in [1.54, 1.807) is 0 Å². The van der Waals surface area contributed by atoms with E-state index in [2.05, 4.69) is 51.2 Å². The molecule has 0 rings (SSSR count). The fourth-order valence-corrected chi connectivity index (χ4v) is 1.69. The van der Waals surface area contributed by atoms with Crippen molar-refractivity contribution in [3.8, 4) is 0 Å². The zero-order valence-corrected chi connectivity index (χ0v) is 12.2. The van der Waals surface area contributed by atoms with Crippen LogP contribution in [0.2, 0.25) is 0 Å². The first-order valence-corrected chi connectivity index (χ1v) is 6.50. The highest BCUT2D eigenvalue weighted by molar-refractivity contribution is 5.18. The average Bonchev–Trinajstić information content (AvgIpc) is 2.30. The maximum absolute atomic E-state index is 7.65. The Bertz CT molecular complexity index is 193. The van der Waals surface area contributed by atoms with E-state index >= 15 is 0 Å². The number of ether oxygens (including phenoxy) is 1. The number of allylic oxidation sites excluding steroid dienone is 3. The third kappa shape index (κ3) is 11.7. The summed E-state index contributed by atoms with van der Waals surface area (Å²) in [7, 11) is 1.43. The highest BCUT2D eigenvalue weighted by Crippen LogP contribution is 2.23. The topological polar surface area (TPSA) is 29.5 Å². The second kappa shape index (κ2) is 13.5. The van der Waals surface area contributed by atoms with Crippen molar-refractivity contribution in [2.45, 2.75) is 47.0 Å². The summed E-state index contributed by atoms with van der Waals surface area (Å²) in [6, 6.07) is 0. The van der Waals surface area contributed by atoms with Crippen LogP contribution >= 0.6 is 0 Å². The molecule has 0 fully saturated rings. The fraction of sp³-hybridized carbons (Fsp3) is 0.733. The van der Waals surface area contributed by atoms with Gasteiger partial charge in [-0.1, -0.05) is 58.4 Å². The fourth-order valence-electron chi connectivity index (χ4n) is 1.69. The third-order valence-electron chi connectivity index (χ3n) is 2.64. The number of aliphatic hydroxyl groups excluding tert-OH is 1. The van der Waals surface area contributed by atoms with Crippen LogP contribution in [0.25, 0.3) is 0 Å². The van der Waals surface area contributed by atoms with E-state index in [-0.39, 0.29) is 6.79 Å². The molecule has 17 heavy (non-hydrogen) atoms. The molecule has 0 aliphatic carbocycles. The lowest BCUT2D eigenvalue weighted by molar-refractivity contribution is 0.0325. The minimum Gasteiger partial charge on any atom is -0.371 e. The Morgan fingerprint density at radius 1 is 1.35 bits per heavy atom. The standard InChI is InChI=1S/C13H24.C2H6O2/c1-6-8-9-10-12(5)13(7-2)11(3)4;1-4-2-3/h9-11,13H,5-8H2,1-4H3;3H,2H2,1H3/b10-9-;. The van der Waals surface area contributed by atoms with Gasteiger partial charge in [-0.2, -0.15) is 0 Å². The first-order chi connectivity index (χ1) is 8.04. The highest BCUT2D eigenvalue weighted by atomic mass is 16.6. The molecule has 102 valence electrons. The van der Waals surface area contributed by atoms with Gasteiger partial charge in [0.1, 0.15) is 6.79 Å². The number of methoxy groups -OCH3 is 1. The Hall–Kier alpha value is -0.600. The van der Waals surface area contributed by atoms with Gasteiger partial charge in [0, 0.05) is 7.11 Å². The monoisotopic (exact) mass is 242 g/mol. The lowest BCUT2D eigenvalue weighted by Gasteiger charge is -2.19. The smallest absolute Gasteiger partial charge is 0.143 e. The molecule has 2 heteroatoms. The highest BCUT2D eigenvalue weighted by Gasteiger charge is 2.11. The van der Waals surface area contributed by atoms with Gasteiger partial charge in [-0.15, -0.1) is 0 Å². The Morgan fingerprint density at radius 2 is 1.88 bits per heavy atom. The molecule has 0 saturated heterocycles. The molecule has 1 N–H and O–H groups in total. The zero-order valence-electron chi connectivity index (χ0n) is 12.2. The summed E-state index contributed by atoms with van der Waals surface area (Å²) in [5.41, 5.74) is 1.30. The number of hydrogen-bond donors (Lipinski definition) is 1. The molecule has 0 heterocycles. The van der Waals surface area contributed by atoms with E-state index in [0.717, 1.165) is 0 Å². The number of aliphatic hydroxyl groups is 1. The third-order valence-corrected chi connectivity index (χ3v) is 2.64. The summed E-state index contributed by atoms with van der Waals surface area (Å²) in [6.45, 7) is 12.9. The lowest BCUT2D eigenvalue weighted by atomic mass is 9.86. The van der Waals surface area contributed by atoms with Gasteiger partial charge < -0.3 is 9.84 Å². The van der Waals surface area contributed by atoms with E-state index in [1.807, 2.05) is 0 Å². The van der Waals surface area contributed by atoms with Gasteiger partial charge in [-0.25, -0.2) is 0 Å². The predicted octanol–water partition coefficient (Wildman–Crippen LogP) is 4.16. The molecule has 0 aromatic rings. The van der Waals surface area contributed by atoms with Crippen LogP contribution in [0.15, 0.2) is 24.3 Å². The van der Waals surface area contributed by atoms with E-state index in [4.69, 9.17) is 5.11 Å². The Balaban J connectivity index is 0. The van der Waals surface area contributed by atoms with Crippen LogP contribution in [0.1, 0.15) is 47.0 Å². The molecule has 2 nitrogen and oxygen atoms in total. The van der Waals surface area contributed by atoms with Crippen molar-refractivity contribution in [1.82, 2.24) is 0 Å². The number of hydrogen-bond acceptors (Lipinski definition) is 2. The van der Waals surface area contributed by atoms with Gasteiger partial charge in [0.25, 0.3) is 0 Å². The lowest BCUT2D eigenvalue weighted by Crippen LogP contribution is -2.08. The molecular weight excluding hydrogens is 212 g/mol. The van der Waals surface area contributed by atoms with Gasteiger partial charge in [0.15, 0.2) is 0 Å². The average molecular weight is 242 g/mol. The molecule has 0 amide bonds. The Morgan fingerprint density at radius 3 is 2.18 bits per heavy atom. The van der Waals surface area contributed by atoms with Crippen LogP contribution in [-0.2, 0) is 4.74 Å². The van der Waals surface area contributed by atoms with Gasteiger partial charge >= 0.3 is 0 Å². The molecule has 0 aliphatic rings. The van der Waals surface area contributed by atoms with Gasteiger partial charge in [-0.3, -0.25) is 0 Å². The quantitative estimate of drug-likeness (QED) is 0.536. The van der Waals surface area contributed by atoms with E-state index in [9.17, 15) is 0 Å². The summed E-state index contributed by atoms with van der Waals surface area (Å²) >= 11 is 0. The molecule has 0 aliphatic heterocycles. The molecule has 0 radical (unpaired) electrons. The van der Waals surface area contributed by atoms with E-state index < -0.39 is 0 Å². The first-order valence-electron chi connectivity index (χ1n) is 6.50. The van der Waals surface area contributed by atoms with Crippen molar-refractivity contribution < 1.29 is 9.84 Å². The van der Waals surface area contributed by atoms with Crippen LogP contribution in [0.4, 0.5) is 0 Å². The van der Waals surface area contributed by atoms with Crippen LogP contribution < -0.4 is 0 Å². The Labute approximate surface area is 107 Å². The summed E-state index contributed by atoms with van der Waals surface area (Å²) in [6.07, 6.45) is 8.05. The maximum atomic E-state index is 7.65. The summed E-state index contributed by atoms with van der Waals surface area (Å²) < 4.78 is 4.10. The van der Waals surface area contributed by atoms with Crippen molar-refractivity contribution in [2.24, 2.45) is 11.8 Å². The largest absolute Gasteiger partial charge is 0.371 e. The van der Waals surface area contributed by atoms with E-state index in [1.165, 1.54) is 31.9 Å². The minimum atomic E-state index is -0.181.